The van der Waals surface area contributed by atoms with E-state index in [0.717, 1.165) is 37.4 Å². The van der Waals surface area contributed by atoms with Gasteiger partial charge in [-0.3, -0.25) is 9.36 Å². The standard InChI is InChI=1S/C22H22ClFN4O2/c1-14-8-10-27(11-9-14)21-16-4-2-3-5-19(16)28(22(30)26-21)13-20(29)25-18-7-6-15(24)12-17(18)23/h2-7,12,14H,8-11,13H2,1H3,(H,25,29). The van der Waals surface area contributed by atoms with Gasteiger partial charge in [-0.05, 0) is 49.1 Å². The molecule has 1 fully saturated rings. The Balaban J connectivity index is 1.65. The van der Waals surface area contributed by atoms with Crippen LogP contribution in [0.3, 0.4) is 0 Å². The van der Waals surface area contributed by atoms with Crippen LogP contribution in [0.5, 0.6) is 0 Å². The summed E-state index contributed by atoms with van der Waals surface area (Å²) in [6.45, 7) is 3.71. The molecule has 1 amide bonds. The lowest BCUT2D eigenvalue weighted by Crippen LogP contribution is -2.37. The van der Waals surface area contributed by atoms with E-state index >= 15 is 0 Å². The summed E-state index contributed by atoms with van der Waals surface area (Å²) in [5.74, 6) is 0.389. The predicted octanol–water partition coefficient (Wildman–Crippen LogP) is 4.06. The molecule has 156 valence electrons. The van der Waals surface area contributed by atoms with E-state index < -0.39 is 17.4 Å². The summed E-state index contributed by atoms with van der Waals surface area (Å²) in [6, 6.07) is 11.2. The fraction of sp³-hybridized carbons (Fsp3) is 0.318. The molecule has 0 aliphatic carbocycles. The van der Waals surface area contributed by atoms with Crippen LogP contribution in [0, 0.1) is 11.7 Å². The first-order chi connectivity index (χ1) is 14.4. The topological polar surface area (TPSA) is 67.2 Å². The highest BCUT2D eigenvalue weighted by Gasteiger charge is 2.21. The van der Waals surface area contributed by atoms with Crippen molar-refractivity contribution in [2.24, 2.45) is 5.92 Å². The number of fused-ring (bicyclic) bond motifs is 1. The molecule has 6 nitrogen and oxygen atoms in total. The molecule has 3 aromatic rings. The number of piperidine rings is 1. The SMILES string of the molecule is CC1CCN(c2nc(=O)n(CC(=O)Nc3ccc(F)cc3Cl)c3ccccc23)CC1. The number of halogens is 2. The fourth-order valence-corrected chi connectivity index (χ4v) is 3.97. The van der Waals surface area contributed by atoms with Crippen molar-refractivity contribution < 1.29 is 9.18 Å². The summed E-state index contributed by atoms with van der Waals surface area (Å²) in [7, 11) is 0. The van der Waals surface area contributed by atoms with E-state index in [4.69, 9.17) is 11.6 Å². The first kappa shape index (κ1) is 20.3. The number of carbonyl (C=O) groups is 1. The van der Waals surface area contributed by atoms with Crippen LogP contribution in [-0.4, -0.2) is 28.5 Å². The number of anilines is 2. The number of carbonyl (C=O) groups excluding carboxylic acids is 1. The maximum Gasteiger partial charge on any atom is 0.350 e. The number of aromatic nitrogens is 2. The van der Waals surface area contributed by atoms with Crippen LogP contribution in [0.2, 0.25) is 5.02 Å². The summed E-state index contributed by atoms with van der Waals surface area (Å²) in [4.78, 5) is 31.9. The van der Waals surface area contributed by atoms with Crippen LogP contribution in [0.25, 0.3) is 10.9 Å². The zero-order chi connectivity index (χ0) is 21.3. The Kier molecular flexibility index (Phi) is 5.72. The first-order valence-electron chi connectivity index (χ1n) is 9.92. The van der Waals surface area contributed by atoms with Gasteiger partial charge in [0.15, 0.2) is 0 Å². The molecule has 0 saturated carbocycles. The molecule has 0 radical (unpaired) electrons. The number of amides is 1. The second-order valence-electron chi connectivity index (χ2n) is 7.66. The van der Waals surface area contributed by atoms with Gasteiger partial charge in [0.2, 0.25) is 5.91 Å². The number of benzene rings is 2. The van der Waals surface area contributed by atoms with E-state index in [1.54, 1.807) is 0 Å². The van der Waals surface area contributed by atoms with Gasteiger partial charge < -0.3 is 10.2 Å². The lowest BCUT2D eigenvalue weighted by atomic mass is 9.99. The fourth-order valence-electron chi connectivity index (χ4n) is 3.75. The molecule has 0 bridgehead atoms. The summed E-state index contributed by atoms with van der Waals surface area (Å²) in [5, 5.41) is 3.55. The lowest BCUT2D eigenvalue weighted by molar-refractivity contribution is -0.116. The lowest BCUT2D eigenvalue weighted by Gasteiger charge is -2.32. The molecular formula is C22H22ClFN4O2. The van der Waals surface area contributed by atoms with Crippen LogP contribution < -0.4 is 15.9 Å². The van der Waals surface area contributed by atoms with Crippen LogP contribution in [0.1, 0.15) is 19.8 Å². The zero-order valence-electron chi connectivity index (χ0n) is 16.6. The van der Waals surface area contributed by atoms with Crippen LogP contribution in [0.15, 0.2) is 47.3 Å². The smallest absolute Gasteiger partial charge is 0.350 e. The normalized spacial score (nSPS) is 14.8. The van der Waals surface area contributed by atoms with E-state index in [0.29, 0.717) is 17.3 Å². The molecule has 1 aliphatic rings. The van der Waals surface area contributed by atoms with Gasteiger partial charge in [0, 0.05) is 18.5 Å². The van der Waals surface area contributed by atoms with E-state index in [1.807, 2.05) is 24.3 Å². The van der Waals surface area contributed by atoms with Crippen molar-refractivity contribution >= 4 is 39.9 Å². The third-order valence-electron chi connectivity index (χ3n) is 5.46. The molecule has 1 saturated heterocycles. The van der Waals surface area contributed by atoms with Gasteiger partial charge >= 0.3 is 5.69 Å². The highest BCUT2D eigenvalue weighted by atomic mass is 35.5. The Morgan fingerprint density at radius 2 is 1.97 bits per heavy atom. The number of nitrogens with zero attached hydrogens (tertiary/aromatic N) is 3. The van der Waals surface area contributed by atoms with Crippen LogP contribution in [-0.2, 0) is 11.3 Å². The van der Waals surface area contributed by atoms with Crippen molar-refractivity contribution in [3.63, 3.8) is 0 Å². The maximum atomic E-state index is 13.2. The summed E-state index contributed by atoms with van der Waals surface area (Å²) < 4.78 is 14.6. The average molecular weight is 429 g/mol. The van der Waals surface area contributed by atoms with Crippen molar-refractivity contribution in [1.82, 2.24) is 9.55 Å². The average Bonchev–Trinajstić information content (AvgIpc) is 2.73. The third kappa shape index (κ3) is 4.16. The molecule has 1 N–H and O–H groups in total. The minimum atomic E-state index is -0.493. The quantitative estimate of drug-likeness (QED) is 0.680. The number of para-hydroxylation sites is 1. The molecule has 0 unspecified atom stereocenters. The maximum absolute atomic E-state index is 13.2. The third-order valence-corrected chi connectivity index (χ3v) is 5.77. The monoisotopic (exact) mass is 428 g/mol. The van der Waals surface area contributed by atoms with Gasteiger partial charge in [-0.15, -0.1) is 0 Å². The Bertz CT molecular complexity index is 1160. The highest BCUT2D eigenvalue weighted by molar-refractivity contribution is 6.33. The van der Waals surface area contributed by atoms with E-state index in [2.05, 4.69) is 22.1 Å². The molecule has 0 atom stereocenters. The Labute approximate surface area is 178 Å². The summed E-state index contributed by atoms with van der Waals surface area (Å²) in [5.41, 5.74) is 0.446. The minimum Gasteiger partial charge on any atom is -0.356 e. The van der Waals surface area contributed by atoms with E-state index in [9.17, 15) is 14.0 Å². The Hall–Kier alpha value is -2.93. The molecule has 4 rings (SSSR count). The zero-order valence-corrected chi connectivity index (χ0v) is 17.3. The van der Waals surface area contributed by atoms with Gasteiger partial charge in [0.25, 0.3) is 0 Å². The second kappa shape index (κ2) is 8.44. The van der Waals surface area contributed by atoms with Crippen molar-refractivity contribution in [2.45, 2.75) is 26.3 Å². The second-order valence-corrected chi connectivity index (χ2v) is 8.07. The first-order valence-corrected chi connectivity index (χ1v) is 10.3. The number of hydrogen-bond acceptors (Lipinski definition) is 4. The highest BCUT2D eigenvalue weighted by Crippen LogP contribution is 2.27. The van der Waals surface area contributed by atoms with Crippen LogP contribution in [0.4, 0.5) is 15.9 Å². The Morgan fingerprint density at radius 1 is 1.23 bits per heavy atom. The molecule has 2 heterocycles. The predicted molar refractivity (Wildman–Crippen MR) is 117 cm³/mol. The summed E-state index contributed by atoms with van der Waals surface area (Å²) >= 11 is 5.98. The summed E-state index contributed by atoms with van der Waals surface area (Å²) in [6.07, 6.45) is 2.11. The molecular weight excluding hydrogens is 407 g/mol. The minimum absolute atomic E-state index is 0.0911. The van der Waals surface area contributed by atoms with Gasteiger partial charge in [-0.1, -0.05) is 30.7 Å². The molecule has 8 heteroatoms. The van der Waals surface area contributed by atoms with Gasteiger partial charge in [0.1, 0.15) is 18.2 Å². The van der Waals surface area contributed by atoms with Crippen molar-refractivity contribution in [3.05, 3.63) is 63.8 Å². The molecule has 1 aliphatic heterocycles. The molecule has 2 aromatic carbocycles. The van der Waals surface area contributed by atoms with E-state index in [-0.39, 0.29) is 17.3 Å². The van der Waals surface area contributed by atoms with Crippen LogP contribution >= 0.6 is 11.6 Å². The number of rotatable bonds is 4. The number of nitrogens with one attached hydrogen (secondary N) is 1. The van der Waals surface area contributed by atoms with Gasteiger partial charge in [-0.2, -0.15) is 4.98 Å². The number of hydrogen-bond donors (Lipinski definition) is 1. The molecule has 1 aromatic heterocycles. The Morgan fingerprint density at radius 3 is 2.70 bits per heavy atom. The van der Waals surface area contributed by atoms with Crippen molar-refractivity contribution in [3.8, 4) is 0 Å². The van der Waals surface area contributed by atoms with Crippen molar-refractivity contribution in [1.29, 1.82) is 0 Å². The molecule has 0 spiro atoms. The van der Waals surface area contributed by atoms with Crippen molar-refractivity contribution in [2.75, 3.05) is 23.3 Å². The molecule has 30 heavy (non-hydrogen) atoms. The van der Waals surface area contributed by atoms with Gasteiger partial charge in [0.05, 0.1) is 16.2 Å². The van der Waals surface area contributed by atoms with Gasteiger partial charge in [-0.25, -0.2) is 9.18 Å². The van der Waals surface area contributed by atoms with E-state index in [1.165, 1.54) is 16.7 Å². The largest absolute Gasteiger partial charge is 0.356 e.